The van der Waals surface area contributed by atoms with Crippen LogP contribution in [0.15, 0.2) is 42.6 Å². The van der Waals surface area contributed by atoms with Crippen LogP contribution in [0.1, 0.15) is 12.0 Å². The molecule has 0 saturated carbocycles. The first-order valence-corrected chi connectivity index (χ1v) is 9.25. The highest BCUT2D eigenvalue weighted by atomic mass is 32.2. The maximum atomic E-state index is 12.9. The zero-order valence-electron chi connectivity index (χ0n) is 14.3. The fourth-order valence-corrected chi connectivity index (χ4v) is 3.41. The molecule has 27 heavy (non-hydrogen) atoms. The van der Waals surface area contributed by atoms with Gasteiger partial charge in [0, 0.05) is 37.5 Å². The van der Waals surface area contributed by atoms with Crippen LogP contribution in [-0.4, -0.2) is 39.3 Å². The Morgan fingerprint density at radius 2 is 2.11 bits per heavy atom. The molecule has 0 radical (unpaired) electrons. The lowest BCUT2D eigenvalue weighted by Gasteiger charge is -2.16. The van der Waals surface area contributed by atoms with Crippen LogP contribution in [0.25, 0.3) is 0 Å². The molecule has 1 saturated heterocycles. The number of rotatable bonds is 7. The van der Waals surface area contributed by atoms with Crippen LogP contribution in [0.2, 0.25) is 0 Å². The fraction of sp³-hybridized carbons (Fsp3) is 0.278. The topological polar surface area (TPSA) is 91.8 Å². The van der Waals surface area contributed by atoms with Gasteiger partial charge >= 0.3 is 6.09 Å². The lowest BCUT2D eigenvalue weighted by Crippen LogP contribution is -2.25. The van der Waals surface area contributed by atoms with Crippen LogP contribution in [0, 0.1) is 11.7 Å². The Hall–Kier alpha value is -2.81. The van der Waals surface area contributed by atoms with Crippen molar-refractivity contribution in [1.29, 1.82) is 0 Å². The molecular formula is C18H18FN3O4S. The quantitative estimate of drug-likeness (QED) is 0.704. The average Bonchev–Trinajstić information content (AvgIpc) is 2.98. The summed E-state index contributed by atoms with van der Waals surface area (Å²) in [4.78, 5) is 28.5. The summed E-state index contributed by atoms with van der Waals surface area (Å²) < 4.78 is 20.7. The standard InChI is InChI=1S/C18H18FN3O4S/c19-14-2-4-15(5-3-14)26-16-6-1-12(8-20-16)9-22-10-13(7-17(22)23)11-27-21-18(24)25/h1-6,8,13,21H,7,9-11H2,(H,24,25)/t13-/m1/s1. The van der Waals surface area contributed by atoms with Gasteiger partial charge in [-0.15, -0.1) is 0 Å². The summed E-state index contributed by atoms with van der Waals surface area (Å²) in [5.74, 6) is 1.24. The highest BCUT2D eigenvalue weighted by Crippen LogP contribution is 2.24. The van der Waals surface area contributed by atoms with E-state index in [0.29, 0.717) is 36.9 Å². The van der Waals surface area contributed by atoms with E-state index in [1.54, 1.807) is 17.2 Å². The SMILES string of the molecule is O=C(O)NSC[C@@H]1CC(=O)N(Cc2ccc(Oc3ccc(F)cc3)nc2)C1. The molecule has 3 rings (SSSR count). The molecule has 9 heteroatoms. The average molecular weight is 391 g/mol. The van der Waals surface area contributed by atoms with Crippen molar-refractivity contribution in [2.45, 2.75) is 13.0 Å². The Morgan fingerprint density at radius 1 is 1.33 bits per heavy atom. The summed E-state index contributed by atoms with van der Waals surface area (Å²) in [5.41, 5.74) is 0.867. The third-order valence-corrected chi connectivity index (χ3v) is 4.94. The van der Waals surface area contributed by atoms with Crippen LogP contribution in [-0.2, 0) is 11.3 Å². The van der Waals surface area contributed by atoms with E-state index >= 15 is 0 Å². The minimum atomic E-state index is -1.09. The van der Waals surface area contributed by atoms with Gasteiger partial charge < -0.3 is 14.7 Å². The molecule has 0 aliphatic carbocycles. The third-order valence-electron chi connectivity index (χ3n) is 3.98. The van der Waals surface area contributed by atoms with Crippen molar-refractivity contribution in [1.82, 2.24) is 14.6 Å². The van der Waals surface area contributed by atoms with Crippen molar-refractivity contribution < 1.29 is 23.8 Å². The molecule has 1 atom stereocenters. The van der Waals surface area contributed by atoms with E-state index in [2.05, 4.69) is 9.71 Å². The van der Waals surface area contributed by atoms with Crippen LogP contribution >= 0.6 is 11.9 Å². The molecule has 0 bridgehead atoms. The summed E-state index contributed by atoms with van der Waals surface area (Å²) in [5, 5.41) is 8.57. The fourth-order valence-electron chi connectivity index (χ4n) is 2.75. The normalized spacial score (nSPS) is 16.4. The first-order chi connectivity index (χ1) is 13.0. The number of carbonyl (C=O) groups excluding carboxylic acids is 1. The van der Waals surface area contributed by atoms with Crippen molar-refractivity contribution in [3.63, 3.8) is 0 Å². The second-order valence-corrected chi connectivity index (χ2v) is 6.95. The third kappa shape index (κ3) is 5.58. The molecule has 2 amide bonds. The Kier molecular flexibility index (Phi) is 6.12. The predicted molar refractivity (Wildman–Crippen MR) is 97.9 cm³/mol. The predicted octanol–water partition coefficient (Wildman–Crippen LogP) is 3.28. The number of halogens is 1. The Bertz CT molecular complexity index is 801. The number of hydrogen-bond donors (Lipinski definition) is 2. The van der Waals surface area contributed by atoms with Gasteiger partial charge in [0.25, 0.3) is 0 Å². The summed E-state index contributed by atoms with van der Waals surface area (Å²) in [6.45, 7) is 1.02. The lowest BCUT2D eigenvalue weighted by atomic mass is 10.1. The number of amides is 2. The monoisotopic (exact) mass is 391 g/mol. The maximum Gasteiger partial charge on any atom is 0.414 e. The first-order valence-electron chi connectivity index (χ1n) is 8.26. The second-order valence-electron chi connectivity index (χ2n) is 6.12. The molecule has 1 aliphatic heterocycles. The van der Waals surface area contributed by atoms with E-state index < -0.39 is 6.09 Å². The number of carboxylic acid groups (broad SMARTS) is 1. The molecule has 2 aromatic rings. The largest absolute Gasteiger partial charge is 0.464 e. The molecule has 0 spiro atoms. The highest BCUT2D eigenvalue weighted by molar-refractivity contribution is 7.97. The van der Waals surface area contributed by atoms with Gasteiger partial charge in [-0.3, -0.25) is 9.52 Å². The highest BCUT2D eigenvalue weighted by Gasteiger charge is 2.29. The van der Waals surface area contributed by atoms with Gasteiger partial charge in [-0.1, -0.05) is 6.07 Å². The molecule has 0 unspecified atom stereocenters. The van der Waals surface area contributed by atoms with Crippen molar-refractivity contribution in [2.24, 2.45) is 5.92 Å². The van der Waals surface area contributed by atoms with Crippen molar-refractivity contribution >= 4 is 23.9 Å². The number of nitrogens with zero attached hydrogens (tertiary/aromatic N) is 2. The lowest BCUT2D eigenvalue weighted by molar-refractivity contribution is -0.128. The van der Waals surface area contributed by atoms with Crippen molar-refractivity contribution in [2.75, 3.05) is 12.3 Å². The Morgan fingerprint density at radius 3 is 2.78 bits per heavy atom. The van der Waals surface area contributed by atoms with Crippen LogP contribution in [0.4, 0.5) is 9.18 Å². The van der Waals surface area contributed by atoms with E-state index in [9.17, 15) is 14.0 Å². The van der Waals surface area contributed by atoms with Gasteiger partial charge in [-0.2, -0.15) is 0 Å². The molecular weight excluding hydrogens is 373 g/mol. The number of benzene rings is 1. The smallest absolute Gasteiger partial charge is 0.414 e. The van der Waals surface area contributed by atoms with Crippen molar-refractivity contribution in [3.8, 4) is 11.6 Å². The number of aromatic nitrogens is 1. The summed E-state index contributed by atoms with van der Waals surface area (Å²) in [6.07, 6.45) is 0.962. The molecule has 7 nitrogen and oxygen atoms in total. The number of hydrogen-bond acceptors (Lipinski definition) is 5. The number of carbonyl (C=O) groups is 2. The van der Waals surface area contributed by atoms with E-state index in [1.165, 1.54) is 24.3 Å². The van der Waals surface area contributed by atoms with Gasteiger partial charge in [0.05, 0.1) is 0 Å². The van der Waals surface area contributed by atoms with Gasteiger partial charge in [0.2, 0.25) is 11.8 Å². The van der Waals surface area contributed by atoms with E-state index in [0.717, 1.165) is 17.5 Å². The summed E-state index contributed by atoms with van der Waals surface area (Å²) in [6, 6.07) is 9.18. The molecule has 1 fully saturated rings. The first kappa shape index (κ1) is 19.0. The van der Waals surface area contributed by atoms with Crippen LogP contribution < -0.4 is 9.46 Å². The molecule has 142 valence electrons. The van der Waals surface area contributed by atoms with Crippen LogP contribution in [0.5, 0.6) is 11.6 Å². The molecule has 2 heterocycles. The van der Waals surface area contributed by atoms with E-state index in [4.69, 9.17) is 9.84 Å². The number of likely N-dealkylation sites (tertiary alicyclic amines) is 1. The van der Waals surface area contributed by atoms with Crippen LogP contribution in [0.3, 0.4) is 0 Å². The molecule has 1 aliphatic rings. The van der Waals surface area contributed by atoms with Gasteiger partial charge in [-0.25, -0.2) is 14.2 Å². The molecule has 1 aromatic heterocycles. The number of ether oxygens (including phenoxy) is 1. The number of pyridine rings is 1. The number of nitrogens with one attached hydrogen (secondary N) is 1. The summed E-state index contributed by atoms with van der Waals surface area (Å²) in [7, 11) is 0. The Labute approximate surface area is 159 Å². The van der Waals surface area contributed by atoms with Gasteiger partial charge in [-0.05, 0) is 47.7 Å². The van der Waals surface area contributed by atoms with Gasteiger partial charge in [0.1, 0.15) is 11.6 Å². The van der Waals surface area contributed by atoms with Crippen molar-refractivity contribution in [3.05, 3.63) is 54.0 Å². The zero-order chi connectivity index (χ0) is 19.2. The maximum absolute atomic E-state index is 12.9. The minimum absolute atomic E-state index is 0.0440. The Balaban J connectivity index is 1.51. The molecule has 1 aromatic carbocycles. The second kappa shape index (κ2) is 8.72. The minimum Gasteiger partial charge on any atom is -0.464 e. The van der Waals surface area contributed by atoms with Gasteiger partial charge in [0.15, 0.2) is 0 Å². The van der Waals surface area contributed by atoms with E-state index in [-0.39, 0.29) is 17.6 Å². The zero-order valence-corrected chi connectivity index (χ0v) is 15.1. The summed E-state index contributed by atoms with van der Waals surface area (Å²) >= 11 is 1.09. The van der Waals surface area contributed by atoms with E-state index in [1.807, 2.05) is 6.07 Å². The molecule has 2 N–H and O–H groups in total.